The van der Waals surface area contributed by atoms with Crippen LogP contribution in [0.1, 0.15) is 0 Å². The van der Waals surface area contributed by atoms with Gasteiger partial charge in [0.05, 0.1) is 0 Å². The summed E-state index contributed by atoms with van der Waals surface area (Å²) in [6, 6.07) is 37.1. The van der Waals surface area contributed by atoms with Crippen molar-refractivity contribution in [3.63, 3.8) is 0 Å². The van der Waals surface area contributed by atoms with E-state index in [1.807, 2.05) is 48.5 Å². The highest BCUT2D eigenvalue weighted by molar-refractivity contribution is 7.76. The van der Waals surface area contributed by atoms with Gasteiger partial charge in [-0.05, 0) is 55.7 Å². The first-order valence-electron chi connectivity index (χ1n) is 10.4. The lowest BCUT2D eigenvalue weighted by molar-refractivity contribution is 0.515. The fourth-order valence-corrected chi connectivity index (χ4v) is 5.46. The van der Waals surface area contributed by atoms with Crippen LogP contribution in [-0.4, -0.2) is 0 Å². The number of benzene rings is 6. The maximum absolute atomic E-state index is 6.67. The van der Waals surface area contributed by atoms with Gasteiger partial charge >= 0.3 is 7.73 Å². The second-order valence-electron chi connectivity index (χ2n) is 7.68. The van der Waals surface area contributed by atoms with E-state index in [1.54, 1.807) is 0 Å². The van der Waals surface area contributed by atoms with Crippen molar-refractivity contribution in [1.29, 1.82) is 0 Å². The fourth-order valence-electron chi connectivity index (χ4n) is 4.36. The van der Waals surface area contributed by atoms with E-state index in [9.17, 15) is 0 Å². The standard InChI is InChI=1S/C28H18ClO2P/c29-32(30-27-17-19-9-1-3-11-21(19)23-13-5-7-15-25(23)27)31-28-18-20-10-2-4-12-22(20)24-14-6-8-16-26(24)28/h1-18H. The summed E-state index contributed by atoms with van der Waals surface area (Å²) in [5.74, 6) is 1.45. The first kappa shape index (κ1) is 19.4. The van der Waals surface area contributed by atoms with Crippen LogP contribution in [0.5, 0.6) is 11.5 Å². The van der Waals surface area contributed by atoms with Crippen molar-refractivity contribution in [3.8, 4) is 11.5 Å². The molecule has 0 unspecified atom stereocenters. The van der Waals surface area contributed by atoms with Crippen molar-refractivity contribution in [2.75, 3.05) is 0 Å². The van der Waals surface area contributed by atoms with E-state index in [2.05, 4.69) is 60.7 Å². The van der Waals surface area contributed by atoms with Gasteiger partial charge in [0.15, 0.2) is 0 Å². The van der Waals surface area contributed by atoms with Crippen LogP contribution in [0.4, 0.5) is 0 Å². The van der Waals surface area contributed by atoms with Crippen LogP contribution in [-0.2, 0) is 0 Å². The number of halogens is 1. The van der Waals surface area contributed by atoms with Gasteiger partial charge in [-0.2, -0.15) is 0 Å². The summed E-state index contributed by atoms with van der Waals surface area (Å²) in [5, 5.41) is 8.91. The van der Waals surface area contributed by atoms with Crippen molar-refractivity contribution in [3.05, 3.63) is 109 Å². The Balaban J connectivity index is 1.41. The molecule has 0 radical (unpaired) electrons. The highest BCUT2D eigenvalue weighted by Gasteiger charge is 2.17. The van der Waals surface area contributed by atoms with Crippen LogP contribution >= 0.6 is 19.0 Å². The second-order valence-corrected chi connectivity index (χ2v) is 9.30. The topological polar surface area (TPSA) is 18.5 Å². The molecule has 0 saturated heterocycles. The van der Waals surface area contributed by atoms with Crippen LogP contribution in [0.2, 0.25) is 0 Å². The Morgan fingerprint density at radius 3 is 1.22 bits per heavy atom. The Kier molecular flexibility index (Phi) is 4.83. The van der Waals surface area contributed by atoms with Crippen molar-refractivity contribution < 1.29 is 9.05 Å². The zero-order valence-electron chi connectivity index (χ0n) is 17.0. The highest BCUT2D eigenvalue weighted by Crippen LogP contribution is 2.49. The molecule has 0 bridgehead atoms. The molecule has 0 heterocycles. The Bertz CT molecular complexity index is 1490. The average molecular weight is 453 g/mol. The van der Waals surface area contributed by atoms with Crippen LogP contribution in [0.15, 0.2) is 109 Å². The third-order valence-electron chi connectivity index (χ3n) is 5.80. The third-order valence-corrected chi connectivity index (χ3v) is 6.89. The first-order valence-corrected chi connectivity index (χ1v) is 12.5. The molecule has 6 aromatic carbocycles. The molecule has 0 atom stereocenters. The van der Waals surface area contributed by atoms with Gasteiger partial charge < -0.3 is 9.05 Å². The number of hydrogen-bond acceptors (Lipinski definition) is 2. The number of rotatable bonds is 4. The zero-order chi connectivity index (χ0) is 21.5. The zero-order valence-corrected chi connectivity index (χ0v) is 18.7. The summed E-state index contributed by atoms with van der Waals surface area (Å²) in [6.07, 6.45) is 0. The Morgan fingerprint density at radius 1 is 0.438 bits per heavy atom. The summed E-state index contributed by atoms with van der Waals surface area (Å²) in [5.41, 5.74) is 0. The molecule has 6 aromatic rings. The summed E-state index contributed by atoms with van der Waals surface area (Å²) in [6.45, 7) is 0. The molecule has 0 saturated carbocycles. The maximum atomic E-state index is 6.67. The van der Waals surface area contributed by atoms with E-state index >= 15 is 0 Å². The minimum Gasteiger partial charge on any atom is -0.427 e. The molecular formula is C28H18ClO2P. The van der Waals surface area contributed by atoms with Gasteiger partial charge in [0.2, 0.25) is 0 Å². The lowest BCUT2D eigenvalue weighted by Crippen LogP contribution is -1.93. The molecule has 4 heteroatoms. The molecule has 0 aliphatic rings. The van der Waals surface area contributed by atoms with Crippen LogP contribution in [0, 0.1) is 0 Å². The summed E-state index contributed by atoms with van der Waals surface area (Å²) in [7, 11) is -1.72. The smallest absolute Gasteiger partial charge is 0.401 e. The van der Waals surface area contributed by atoms with Gasteiger partial charge in [0, 0.05) is 10.8 Å². The molecule has 0 spiro atoms. The molecule has 6 rings (SSSR count). The molecular weight excluding hydrogens is 435 g/mol. The number of hydrogen-bond donors (Lipinski definition) is 0. The highest BCUT2D eigenvalue weighted by atomic mass is 35.7. The SMILES string of the molecule is ClP(Oc1cc2ccccc2c2ccccc12)Oc1cc2ccccc2c2ccccc12. The van der Waals surface area contributed by atoms with E-state index in [-0.39, 0.29) is 0 Å². The van der Waals surface area contributed by atoms with Gasteiger partial charge in [0.25, 0.3) is 0 Å². The fraction of sp³-hybridized carbons (Fsp3) is 0. The average Bonchev–Trinajstić information content (AvgIpc) is 2.84. The Morgan fingerprint density at radius 2 is 0.781 bits per heavy atom. The van der Waals surface area contributed by atoms with Crippen molar-refractivity contribution >= 4 is 62.1 Å². The van der Waals surface area contributed by atoms with Crippen LogP contribution < -0.4 is 9.05 Å². The van der Waals surface area contributed by atoms with Crippen LogP contribution in [0.25, 0.3) is 43.1 Å². The lowest BCUT2D eigenvalue weighted by atomic mass is 10.0. The Labute approximate surface area is 191 Å². The molecule has 0 aliphatic heterocycles. The van der Waals surface area contributed by atoms with E-state index < -0.39 is 7.73 Å². The second kappa shape index (κ2) is 7.98. The van der Waals surface area contributed by atoms with Gasteiger partial charge in [-0.15, -0.1) is 0 Å². The largest absolute Gasteiger partial charge is 0.427 e. The normalized spacial score (nSPS) is 11.6. The minimum absolute atomic E-state index is 0.727. The van der Waals surface area contributed by atoms with Crippen molar-refractivity contribution in [2.24, 2.45) is 0 Å². The predicted octanol–water partition coefficient (Wildman–Crippen LogP) is 9.22. The molecule has 0 aromatic heterocycles. The molecule has 0 amide bonds. The minimum atomic E-state index is -1.72. The van der Waals surface area contributed by atoms with Crippen LogP contribution in [0.3, 0.4) is 0 Å². The lowest BCUT2D eigenvalue weighted by Gasteiger charge is -2.17. The van der Waals surface area contributed by atoms with Crippen molar-refractivity contribution in [2.45, 2.75) is 0 Å². The maximum Gasteiger partial charge on any atom is 0.401 e. The summed E-state index contributed by atoms with van der Waals surface area (Å²) >= 11 is 6.67. The molecule has 0 N–H and O–H groups in total. The summed E-state index contributed by atoms with van der Waals surface area (Å²) < 4.78 is 12.4. The summed E-state index contributed by atoms with van der Waals surface area (Å²) in [4.78, 5) is 0. The van der Waals surface area contributed by atoms with E-state index in [1.165, 1.54) is 10.8 Å². The van der Waals surface area contributed by atoms with E-state index in [0.717, 1.165) is 43.8 Å². The predicted molar refractivity (Wildman–Crippen MR) is 137 cm³/mol. The van der Waals surface area contributed by atoms with Gasteiger partial charge in [-0.25, -0.2) is 0 Å². The van der Waals surface area contributed by atoms with E-state index in [0.29, 0.717) is 0 Å². The molecule has 32 heavy (non-hydrogen) atoms. The van der Waals surface area contributed by atoms with Gasteiger partial charge in [-0.3, -0.25) is 0 Å². The van der Waals surface area contributed by atoms with Gasteiger partial charge in [0.1, 0.15) is 11.5 Å². The number of fused-ring (bicyclic) bond motifs is 6. The molecule has 2 nitrogen and oxygen atoms in total. The first-order chi connectivity index (χ1) is 15.8. The van der Waals surface area contributed by atoms with Crippen molar-refractivity contribution in [1.82, 2.24) is 0 Å². The molecule has 154 valence electrons. The quantitative estimate of drug-likeness (QED) is 0.196. The monoisotopic (exact) mass is 452 g/mol. The third kappa shape index (κ3) is 3.33. The molecule has 0 fully saturated rings. The van der Waals surface area contributed by atoms with E-state index in [4.69, 9.17) is 20.3 Å². The molecule has 0 aliphatic carbocycles. The Hall–Kier alpha value is -3.32. The van der Waals surface area contributed by atoms with Gasteiger partial charge in [-0.1, -0.05) is 97.1 Å².